The molecule has 0 aromatic rings. The Morgan fingerprint density at radius 3 is 2.36 bits per heavy atom. The predicted molar refractivity (Wildman–Crippen MR) is 143 cm³/mol. The number of nitrogens with one attached hydrogen (secondary N) is 3. The minimum absolute atomic E-state index is 0.0219. The normalized spacial score (nSPS) is 13.1. The Morgan fingerprint density at radius 2 is 1.75 bits per heavy atom. The van der Waals surface area contributed by atoms with Crippen LogP contribution in [0.5, 0.6) is 0 Å². The largest absolute Gasteiger partial charge is 0.458 e. The van der Waals surface area contributed by atoms with Crippen LogP contribution in [0, 0.1) is 11.3 Å². The first-order valence-corrected chi connectivity index (χ1v) is 13.8. The van der Waals surface area contributed by atoms with Crippen molar-refractivity contribution in [1.82, 2.24) is 10.6 Å². The molecule has 0 aromatic heterocycles. The van der Waals surface area contributed by atoms with E-state index in [1.54, 1.807) is 20.8 Å². The Hall–Kier alpha value is -1.98. The molecule has 0 heterocycles. The lowest BCUT2D eigenvalue weighted by Crippen LogP contribution is -2.50. The molecule has 0 spiro atoms. The van der Waals surface area contributed by atoms with E-state index in [0.29, 0.717) is 57.6 Å². The second kappa shape index (κ2) is 19.2. The molecule has 0 rings (SSSR count). The molecule has 2 amide bonds. The van der Waals surface area contributed by atoms with Gasteiger partial charge in [-0.15, -0.1) is 0 Å². The van der Waals surface area contributed by atoms with Gasteiger partial charge in [-0.25, -0.2) is 4.79 Å². The summed E-state index contributed by atoms with van der Waals surface area (Å²) in [5.41, 5.74) is 5.22. The lowest BCUT2D eigenvalue weighted by Gasteiger charge is -2.25. The number of rotatable bonds is 20. The zero-order chi connectivity index (χ0) is 27.6. The summed E-state index contributed by atoms with van der Waals surface area (Å²) in [6.45, 7) is 11.0. The van der Waals surface area contributed by atoms with Crippen molar-refractivity contribution in [2.24, 2.45) is 11.7 Å². The van der Waals surface area contributed by atoms with Gasteiger partial charge in [-0.1, -0.05) is 13.8 Å². The summed E-state index contributed by atoms with van der Waals surface area (Å²) >= 11 is 1.85. The molecule has 0 aliphatic rings. The van der Waals surface area contributed by atoms with Crippen LogP contribution in [0.2, 0.25) is 0 Å². The third-order valence-corrected chi connectivity index (χ3v) is 6.10. The van der Waals surface area contributed by atoms with Crippen molar-refractivity contribution in [3.8, 4) is 0 Å². The summed E-state index contributed by atoms with van der Waals surface area (Å²) in [5.74, 6) is 1.000. The number of Topliss-reactive ketones (excluding diaryl/α,β-unsaturated/α-hetero) is 1. The molecule has 0 aliphatic carbocycles. The van der Waals surface area contributed by atoms with Crippen LogP contribution in [0.1, 0.15) is 73.1 Å². The quantitative estimate of drug-likeness (QED) is 0.106. The van der Waals surface area contributed by atoms with Gasteiger partial charge in [-0.05, 0) is 58.1 Å². The molecule has 5 N–H and O–H groups in total. The van der Waals surface area contributed by atoms with E-state index in [1.807, 2.05) is 11.8 Å². The second-order valence-electron chi connectivity index (χ2n) is 10.0. The average molecular weight is 531 g/mol. The van der Waals surface area contributed by atoms with Crippen LogP contribution in [-0.2, 0) is 28.7 Å². The van der Waals surface area contributed by atoms with Crippen molar-refractivity contribution < 1.29 is 28.7 Å². The third-order valence-electron chi connectivity index (χ3n) is 4.75. The number of nitrogens with two attached hydrogens (primary N) is 1. The SMILES string of the molecule is CC(C)CSCCOCCC(=O)NCCCCC(N)C(=O)N[C@@H](CCC(=O)C=N)C(=O)OC(C)(C)C. The number of carbonyl (C=O) groups is 4. The fourth-order valence-corrected chi connectivity index (χ4v) is 3.77. The van der Waals surface area contributed by atoms with E-state index in [9.17, 15) is 19.2 Å². The van der Waals surface area contributed by atoms with Gasteiger partial charge in [0.25, 0.3) is 0 Å². The van der Waals surface area contributed by atoms with Crippen molar-refractivity contribution in [3.63, 3.8) is 0 Å². The zero-order valence-electron chi connectivity index (χ0n) is 22.5. The van der Waals surface area contributed by atoms with E-state index < -0.39 is 35.3 Å². The standard InChI is InChI=1S/C25H46N4O6S/c1-18(2)17-36-15-14-34-13-11-22(31)28-12-7-6-8-20(27)23(32)29-21(10-9-19(30)16-26)24(33)35-25(3,4)5/h16,18,20-21,26H,6-15,17,27H2,1-5H3,(H,28,31)(H,29,32)/t20?,21-/m0/s1. The first kappa shape index (κ1) is 34.0. The minimum atomic E-state index is -1.03. The molecule has 11 heteroatoms. The number of hydrogen-bond donors (Lipinski definition) is 4. The van der Waals surface area contributed by atoms with Crippen LogP contribution in [0.25, 0.3) is 0 Å². The first-order valence-electron chi connectivity index (χ1n) is 12.6. The van der Waals surface area contributed by atoms with E-state index in [0.717, 1.165) is 11.5 Å². The Labute approximate surface area is 220 Å². The van der Waals surface area contributed by atoms with Gasteiger partial charge in [0, 0.05) is 25.1 Å². The van der Waals surface area contributed by atoms with E-state index in [4.69, 9.17) is 20.6 Å². The fraction of sp³-hybridized carbons (Fsp3) is 0.800. The molecular weight excluding hydrogens is 484 g/mol. The lowest BCUT2D eigenvalue weighted by molar-refractivity contribution is -0.159. The summed E-state index contributed by atoms with van der Waals surface area (Å²) in [6.07, 6.45) is 2.59. The van der Waals surface area contributed by atoms with Crippen LogP contribution in [-0.4, -0.2) is 78.7 Å². The zero-order valence-corrected chi connectivity index (χ0v) is 23.3. The number of unbranched alkanes of at least 4 members (excludes halogenated alkanes) is 1. The van der Waals surface area contributed by atoms with Crippen molar-refractivity contribution in [1.29, 1.82) is 5.41 Å². The highest BCUT2D eigenvalue weighted by molar-refractivity contribution is 7.99. The summed E-state index contributed by atoms with van der Waals surface area (Å²) in [4.78, 5) is 48.3. The highest BCUT2D eigenvalue weighted by Crippen LogP contribution is 2.12. The number of esters is 1. The van der Waals surface area contributed by atoms with Crippen molar-refractivity contribution >= 4 is 41.5 Å². The van der Waals surface area contributed by atoms with Gasteiger partial charge in [0.2, 0.25) is 11.8 Å². The molecule has 0 fully saturated rings. The van der Waals surface area contributed by atoms with Crippen LogP contribution in [0.3, 0.4) is 0 Å². The molecule has 0 aliphatic heterocycles. The summed E-state index contributed by atoms with van der Waals surface area (Å²) in [7, 11) is 0. The Bertz CT molecular complexity index is 697. The molecule has 1 unspecified atom stereocenters. The van der Waals surface area contributed by atoms with Crippen LogP contribution in [0.15, 0.2) is 0 Å². The van der Waals surface area contributed by atoms with Crippen molar-refractivity contribution in [3.05, 3.63) is 0 Å². The van der Waals surface area contributed by atoms with E-state index in [2.05, 4.69) is 24.5 Å². The van der Waals surface area contributed by atoms with Gasteiger partial charge in [0.15, 0.2) is 5.78 Å². The van der Waals surface area contributed by atoms with Crippen molar-refractivity contribution in [2.75, 3.05) is 31.3 Å². The Morgan fingerprint density at radius 1 is 1.06 bits per heavy atom. The Kier molecular flexibility index (Phi) is 18.1. The molecule has 0 bridgehead atoms. The van der Waals surface area contributed by atoms with Crippen LogP contribution in [0.4, 0.5) is 0 Å². The molecule has 0 aromatic carbocycles. The van der Waals surface area contributed by atoms with Gasteiger partial charge in [-0.2, -0.15) is 11.8 Å². The van der Waals surface area contributed by atoms with E-state index >= 15 is 0 Å². The predicted octanol–water partition coefficient (Wildman–Crippen LogP) is 2.22. The van der Waals surface area contributed by atoms with Crippen LogP contribution < -0.4 is 16.4 Å². The molecule has 2 atom stereocenters. The molecule has 0 saturated heterocycles. The lowest BCUT2D eigenvalue weighted by atomic mass is 10.1. The third kappa shape index (κ3) is 19.2. The highest BCUT2D eigenvalue weighted by atomic mass is 32.2. The Balaban J connectivity index is 4.22. The van der Waals surface area contributed by atoms with E-state index in [1.165, 1.54) is 0 Å². The summed E-state index contributed by atoms with van der Waals surface area (Å²) in [5, 5.41) is 12.4. The molecule has 208 valence electrons. The van der Waals surface area contributed by atoms with E-state index in [-0.39, 0.29) is 18.7 Å². The molecule has 0 radical (unpaired) electrons. The molecule has 10 nitrogen and oxygen atoms in total. The number of hydrogen-bond acceptors (Lipinski definition) is 9. The van der Waals surface area contributed by atoms with Gasteiger partial charge in [0.05, 0.1) is 25.5 Å². The summed E-state index contributed by atoms with van der Waals surface area (Å²) in [6, 6.07) is -1.87. The van der Waals surface area contributed by atoms with Crippen molar-refractivity contribution in [2.45, 2.75) is 90.8 Å². The summed E-state index contributed by atoms with van der Waals surface area (Å²) < 4.78 is 10.8. The van der Waals surface area contributed by atoms with Gasteiger partial charge in [-0.3, -0.25) is 14.4 Å². The second-order valence-corrected chi connectivity index (χ2v) is 11.2. The maximum absolute atomic E-state index is 12.5. The van der Waals surface area contributed by atoms with Gasteiger partial charge in [0.1, 0.15) is 11.6 Å². The van der Waals surface area contributed by atoms with Gasteiger partial charge >= 0.3 is 5.97 Å². The average Bonchev–Trinajstić information content (AvgIpc) is 2.78. The van der Waals surface area contributed by atoms with Crippen LogP contribution >= 0.6 is 11.8 Å². The molecular formula is C25H46N4O6S. The number of ether oxygens (including phenoxy) is 2. The number of carbonyl (C=O) groups excluding carboxylic acids is 4. The number of thioether (sulfide) groups is 1. The fourth-order valence-electron chi connectivity index (χ4n) is 2.90. The van der Waals surface area contributed by atoms with Gasteiger partial charge < -0.3 is 31.3 Å². The molecule has 0 saturated carbocycles. The highest BCUT2D eigenvalue weighted by Gasteiger charge is 2.28. The first-order chi connectivity index (χ1) is 16.9. The number of amides is 2. The maximum Gasteiger partial charge on any atom is 0.329 e. The number of ketones is 1. The monoisotopic (exact) mass is 530 g/mol. The topological polar surface area (TPSA) is 161 Å². The smallest absolute Gasteiger partial charge is 0.329 e. The minimum Gasteiger partial charge on any atom is -0.458 e. The maximum atomic E-state index is 12.5. The molecule has 36 heavy (non-hydrogen) atoms.